The minimum atomic E-state index is -0.385. The normalized spacial score (nSPS) is 14.0. The molecule has 0 saturated carbocycles. The van der Waals surface area contributed by atoms with Crippen molar-refractivity contribution in [3.05, 3.63) is 165 Å². The molecule has 0 radical (unpaired) electrons. The first kappa shape index (κ1) is 32.1. The van der Waals surface area contributed by atoms with E-state index in [0.29, 0.717) is 44.8 Å². The zero-order valence-corrected chi connectivity index (χ0v) is 28.1. The summed E-state index contributed by atoms with van der Waals surface area (Å²) in [5.74, 6) is 3.54. The number of amides is 4. The van der Waals surface area contributed by atoms with Crippen molar-refractivity contribution in [3.8, 4) is 24.7 Å². The molecule has 50 heavy (non-hydrogen) atoms. The number of anilines is 2. The van der Waals surface area contributed by atoms with Crippen LogP contribution in [0.3, 0.4) is 0 Å². The number of hydrogen-bond donors (Lipinski definition) is 0. The van der Waals surface area contributed by atoms with Gasteiger partial charge in [0.15, 0.2) is 0 Å². The molecule has 0 bridgehead atoms. The van der Waals surface area contributed by atoms with Crippen LogP contribution in [0.2, 0.25) is 0 Å². The summed E-state index contributed by atoms with van der Waals surface area (Å²) < 4.78 is 0. The highest BCUT2D eigenvalue weighted by molar-refractivity contribution is 6.35. The zero-order valence-electron chi connectivity index (χ0n) is 28.1. The lowest BCUT2D eigenvalue weighted by atomic mass is 9.74. The number of nitrogens with zero attached hydrogens (tertiary/aromatic N) is 2. The highest BCUT2D eigenvalue weighted by Crippen LogP contribution is 2.38. The first-order valence-corrected chi connectivity index (χ1v) is 16.2. The van der Waals surface area contributed by atoms with Crippen molar-refractivity contribution in [1.82, 2.24) is 0 Å². The Bertz CT molecular complexity index is 2180. The van der Waals surface area contributed by atoms with Crippen molar-refractivity contribution in [3.63, 3.8) is 0 Å². The highest BCUT2D eigenvalue weighted by atomic mass is 16.2. The molecule has 6 nitrogen and oxygen atoms in total. The Hall–Kier alpha value is -6.50. The third-order valence-electron chi connectivity index (χ3n) is 10.1. The van der Waals surface area contributed by atoms with E-state index in [-0.39, 0.29) is 34.5 Å². The Morgan fingerprint density at radius 2 is 0.700 bits per heavy atom. The molecule has 7 rings (SSSR count). The summed E-state index contributed by atoms with van der Waals surface area (Å²) in [7, 11) is 0. The van der Waals surface area contributed by atoms with Gasteiger partial charge in [0.1, 0.15) is 0 Å². The smallest absolute Gasteiger partial charge is 0.266 e. The van der Waals surface area contributed by atoms with Crippen molar-refractivity contribution in [1.29, 1.82) is 0 Å². The fourth-order valence-electron chi connectivity index (χ4n) is 6.82. The molecule has 0 saturated heterocycles. The van der Waals surface area contributed by atoms with Gasteiger partial charge in [-0.05, 0) is 82.9 Å². The second-order valence-corrected chi connectivity index (χ2v) is 13.6. The molecule has 0 N–H and O–H groups in total. The number of carbonyl (C=O) groups is 4. The maximum absolute atomic E-state index is 13.2. The molecule has 2 heterocycles. The van der Waals surface area contributed by atoms with Gasteiger partial charge in [0.05, 0.1) is 33.6 Å². The number of imide groups is 2. The van der Waals surface area contributed by atoms with Crippen LogP contribution < -0.4 is 9.80 Å². The Kier molecular flexibility index (Phi) is 7.43. The molecule has 0 unspecified atom stereocenters. The fraction of sp³-hybridized carbons (Fsp3) is 0.136. The van der Waals surface area contributed by atoms with E-state index >= 15 is 0 Å². The van der Waals surface area contributed by atoms with Crippen LogP contribution in [-0.2, 0) is 10.8 Å². The van der Waals surface area contributed by atoms with Crippen LogP contribution in [0, 0.1) is 24.7 Å². The Morgan fingerprint density at radius 3 is 1.00 bits per heavy atom. The highest BCUT2D eigenvalue weighted by Gasteiger charge is 2.38. The first-order chi connectivity index (χ1) is 23.9. The third kappa shape index (κ3) is 4.93. The molecular weight excluding hydrogens is 620 g/mol. The maximum atomic E-state index is 13.2. The number of fused-ring (bicyclic) bond motifs is 2. The average molecular weight is 653 g/mol. The molecule has 2 aliphatic rings. The summed E-state index contributed by atoms with van der Waals surface area (Å²) in [5, 5.41) is 0. The predicted octanol–water partition coefficient (Wildman–Crippen LogP) is 7.90. The number of rotatable bonds is 6. The molecule has 0 aromatic heterocycles. The van der Waals surface area contributed by atoms with Crippen LogP contribution >= 0.6 is 0 Å². The van der Waals surface area contributed by atoms with Gasteiger partial charge < -0.3 is 0 Å². The standard InChI is InChI=1S/C44H32N2O4/c1-7-27-9-23-35-37(25-27)41(49)45(39(35)47)33-19-15-31(16-20-33)43(3,4)29-11-13-30(14-12-29)44(5,6)32-17-21-34(22-18-32)46-40(48)36-24-10-28(8-2)26-38(36)42(46)50/h1-2,9-26H,3-6H3. The molecule has 0 fully saturated rings. The van der Waals surface area contributed by atoms with Gasteiger partial charge in [-0.15, -0.1) is 12.8 Å². The maximum Gasteiger partial charge on any atom is 0.266 e. The molecule has 5 aromatic carbocycles. The van der Waals surface area contributed by atoms with E-state index < -0.39 is 0 Å². The van der Waals surface area contributed by atoms with E-state index in [1.807, 2.05) is 24.3 Å². The summed E-state index contributed by atoms with van der Waals surface area (Å²) in [4.78, 5) is 54.9. The molecule has 0 aliphatic carbocycles. The van der Waals surface area contributed by atoms with Gasteiger partial charge in [0, 0.05) is 22.0 Å². The van der Waals surface area contributed by atoms with Crippen molar-refractivity contribution in [2.75, 3.05) is 9.80 Å². The monoisotopic (exact) mass is 652 g/mol. The Morgan fingerprint density at radius 1 is 0.420 bits per heavy atom. The quantitative estimate of drug-likeness (QED) is 0.138. The topological polar surface area (TPSA) is 74.8 Å². The molecular formula is C44H32N2O4. The van der Waals surface area contributed by atoms with Gasteiger partial charge in [-0.2, -0.15) is 0 Å². The van der Waals surface area contributed by atoms with E-state index in [4.69, 9.17) is 12.8 Å². The van der Waals surface area contributed by atoms with Gasteiger partial charge in [-0.1, -0.05) is 88.1 Å². The first-order valence-electron chi connectivity index (χ1n) is 16.2. The second-order valence-electron chi connectivity index (χ2n) is 13.6. The van der Waals surface area contributed by atoms with Gasteiger partial charge >= 0.3 is 0 Å². The minimum Gasteiger partial charge on any atom is -0.268 e. The number of carbonyl (C=O) groups excluding carboxylic acids is 4. The van der Waals surface area contributed by atoms with Crippen LogP contribution in [-0.4, -0.2) is 23.6 Å². The second kappa shape index (κ2) is 11.6. The minimum absolute atomic E-state index is 0.316. The Labute approximate surface area is 291 Å². The summed E-state index contributed by atoms with van der Waals surface area (Å²) in [5.41, 5.74) is 6.93. The van der Waals surface area contributed by atoms with Gasteiger partial charge in [-0.3, -0.25) is 19.2 Å². The number of terminal acetylenes is 2. The van der Waals surface area contributed by atoms with E-state index in [9.17, 15) is 19.2 Å². The van der Waals surface area contributed by atoms with E-state index in [1.54, 1.807) is 60.7 Å². The lowest BCUT2D eigenvalue weighted by Gasteiger charge is -2.30. The van der Waals surface area contributed by atoms with Crippen LogP contribution in [0.5, 0.6) is 0 Å². The zero-order chi connectivity index (χ0) is 35.5. The molecule has 2 aliphatic heterocycles. The molecule has 0 spiro atoms. The summed E-state index contributed by atoms with van der Waals surface area (Å²) in [6, 6.07) is 33.2. The van der Waals surface area contributed by atoms with E-state index in [0.717, 1.165) is 22.3 Å². The fourth-order valence-corrected chi connectivity index (χ4v) is 6.82. The SMILES string of the molecule is C#Cc1ccc2c(c1)C(=O)N(c1ccc(C(C)(C)c3ccc(C(C)(C)c4ccc(N5C(=O)c6ccc(C#C)cc6C5=O)cc4)cc3)cc1)C2=O. The lowest BCUT2D eigenvalue weighted by Crippen LogP contribution is -2.29. The molecule has 4 amide bonds. The Balaban J connectivity index is 1.08. The molecule has 0 atom stereocenters. The van der Waals surface area contributed by atoms with Gasteiger partial charge in [0.25, 0.3) is 23.6 Å². The lowest BCUT2D eigenvalue weighted by molar-refractivity contribution is 0.0910. The van der Waals surface area contributed by atoms with Crippen molar-refractivity contribution >= 4 is 35.0 Å². The number of hydrogen-bond acceptors (Lipinski definition) is 4. The van der Waals surface area contributed by atoms with E-state index in [1.165, 1.54) is 9.80 Å². The van der Waals surface area contributed by atoms with Gasteiger partial charge in [-0.25, -0.2) is 9.80 Å². The van der Waals surface area contributed by atoms with Gasteiger partial charge in [0.2, 0.25) is 0 Å². The van der Waals surface area contributed by atoms with Crippen LogP contribution in [0.25, 0.3) is 0 Å². The molecule has 242 valence electrons. The molecule has 6 heteroatoms. The summed E-state index contributed by atoms with van der Waals surface area (Å²) >= 11 is 0. The van der Waals surface area contributed by atoms with Crippen molar-refractivity contribution < 1.29 is 19.2 Å². The van der Waals surface area contributed by atoms with Crippen LogP contribution in [0.15, 0.2) is 109 Å². The number of benzene rings is 5. The third-order valence-corrected chi connectivity index (χ3v) is 10.1. The summed E-state index contributed by atoms with van der Waals surface area (Å²) in [6.45, 7) is 8.54. The summed E-state index contributed by atoms with van der Waals surface area (Å²) in [6.07, 6.45) is 11.0. The predicted molar refractivity (Wildman–Crippen MR) is 195 cm³/mol. The largest absolute Gasteiger partial charge is 0.268 e. The van der Waals surface area contributed by atoms with Crippen LogP contribution in [0.1, 0.15) is 103 Å². The average Bonchev–Trinajstić information content (AvgIpc) is 3.54. The molecule has 5 aromatic rings. The van der Waals surface area contributed by atoms with E-state index in [2.05, 4.69) is 63.8 Å². The van der Waals surface area contributed by atoms with Crippen molar-refractivity contribution in [2.24, 2.45) is 0 Å². The van der Waals surface area contributed by atoms with Crippen molar-refractivity contribution in [2.45, 2.75) is 38.5 Å². The van der Waals surface area contributed by atoms with Crippen LogP contribution in [0.4, 0.5) is 11.4 Å².